The third-order valence-corrected chi connectivity index (χ3v) is 10.3. The van der Waals surface area contributed by atoms with Crippen molar-refractivity contribution in [1.29, 1.82) is 0 Å². The lowest BCUT2D eigenvalue weighted by Gasteiger charge is -2.19. The van der Waals surface area contributed by atoms with Crippen molar-refractivity contribution in [1.82, 2.24) is 9.97 Å². The van der Waals surface area contributed by atoms with Crippen molar-refractivity contribution in [2.45, 2.75) is 0 Å². The average Bonchev–Trinajstić information content (AvgIpc) is 3.22. The lowest BCUT2D eigenvalue weighted by atomic mass is 9.84. The molecule has 242 valence electrons. The molecule has 10 rings (SSSR count). The van der Waals surface area contributed by atoms with Crippen molar-refractivity contribution in [3.8, 4) is 56.0 Å². The maximum atomic E-state index is 5.23. The fourth-order valence-corrected chi connectivity index (χ4v) is 7.75. The van der Waals surface area contributed by atoms with Crippen LogP contribution in [0.2, 0.25) is 0 Å². The maximum Gasteiger partial charge on any atom is 0.0709 e. The number of hydrogen-bond acceptors (Lipinski definition) is 2. The highest BCUT2D eigenvalue weighted by molar-refractivity contribution is 6.22. The molecule has 2 heteroatoms. The number of aromatic nitrogens is 2. The predicted octanol–water partition coefficient (Wildman–Crippen LogP) is 13.4. The van der Waals surface area contributed by atoms with Gasteiger partial charge in [-0.2, -0.15) is 0 Å². The number of rotatable bonds is 5. The molecule has 0 bridgehead atoms. The SMILES string of the molecule is c1ccc(-c2ccc(-c3cccc(-c4ccc5c(-c6ccc7ccccc7c6)c6ccccc6c(-c6ccc7ccccc7c6)c5c4)n3)cc2)nc1. The van der Waals surface area contributed by atoms with E-state index in [1.165, 1.54) is 65.3 Å². The molecule has 0 atom stereocenters. The van der Waals surface area contributed by atoms with Gasteiger partial charge in [-0.05, 0) is 108 Å². The topological polar surface area (TPSA) is 25.8 Å². The average molecular weight is 661 g/mol. The molecule has 2 heterocycles. The van der Waals surface area contributed by atoms with Crippen LogP contribution in [-0.2, 0) is 0 Å². The Kier molecular flexibility index (Phi) is 7.18. The van der Waals surface area contributed by atoms with Crippen LogP contribution in [0.1, 0.15) is 0 Å². The zero-order chi connectivity index (χ0) is 34.4. The molecule has 0 unspecified atom stereocenters. The van der Waals surface area contributed by atoms with Crippen LogP contribution in [0, 0.1) is 0 Å². The van der Waals surface area contributed by atoms with Crippen LogP contribution in [0.15, 0.2) is 194 Å². The Balaban J connectivity index is 1.19. The first kappa shape index (κ1) is 30.0. The van der Waals surface area contributed by atoms with Crippen molar-refractivity contribution < 1.29 is 0 Å². The van der Waals surface area contributed by atoms with Crippen LogP contribution in [0.5, 0.6) is 0 Å². The summed E-state index contributed by atoms with van der Waals surface area (Å²) in [5.74, 6) is 0. The molecule has 52 heavy (non-hydrogen) atoms. The number of fused-ring (bicyclic) bond motifs is 4. The van der Waals surface area contributed by atoms with Crippen molar-refractivity contribution in [2.75, 3.05) is 0 Å². The third-order valence-electron chi connectivity index (χ3n) is 10.3. The molecule has 10 aromatic rings. The Hall–Kier alpha value is -6.90. The van der Waals surface area contributed by atoms with Gasteiger partial charge in [0, 0.05) is 22.9 Å². The Bertz CT molecular complexity index is 2940. The molecular formula is C50H32N2. The Morgan fingerprint density at radius 3 is 1.35 bits per heavy atom. The van der Waals surface area contributed by atoms with Crippen LogP contribution in [0.3, 0.4) is 0 Å². The minimum absolute atomic E-state index is 0.940. The standard InChI is InChI=1S/C50H32N2/c1-3-12-37-30-40(25-19-33(37)10-1)49-42-14-5-6-15-43(42)50(41-26-20-34-11-2-4-13-38(34)31-41)45-32-39(27-28-44(45)49)48-18-9-17-47(52-48)36-23-21-35(22-24-36)46-16-7-8-29-51-46/h1-32H. The zero-order valence-corrected chi connectivity index (χ0v) is 28.4. The molecular weight excluding hydrogens is 629 g/mol. The molecule has 0 aliphatic rings. The molecule has 0 saturated heterocycles. The number of benzene rings is 8. The summed E-state index contributed by atoms with van der Waals surface area (Å²) in [6, 6.07) is 67.6. The van der Waals surface area contributed by atoms with E-state index in [1.54, 1.807) is 0 Å². The molecule has 2 aromatic heterocycles. The van der Waals surface area contributed by atoms with Crippen LogP contribution < -0.4 is 0 Å². The fraction of sp³-hybridized carbons (Fsp3) is 0. The van der Waals surface area contributed by atoms with Gasteiger partial charge in [-0.3, -0.25) is 4.98 Å². The van der Waals surface area contributed by atoms with E-state index in [9.17, 15) is 0 Å². The number of hydrogen-bond donors (Lipinski definition) is 0. The van der Waals surface area contributed by atoms with E-state index in [0.29, 0.717) is 0 Å². The number of nitrogens with zero attached hydrogens (tertiary/aromatic N) is 2. The van der Waals surface area contributed by atoms with Gasteiger partial charge in [-0.1, -0.05) is 146 Å². The molecule has 0 fully saturated rings. The van der Waals surface area contributed by atoms with Crippen LogP contribution in [0.4, 0.5) is 0 Å². The van der Waals surface area contributed by atoms with E-state index >= 15 is 0 Å². The molecule has 0 aliphatic heterocycles. The lowest BCUT2D eigenvalue weighted by molar-refractivity contribution is 1.31. The smallest absolute Gasteiger partial charge is 0.0709 e. The number of pyridine rings is 2. The first-order valence-electron chi connectivity index (χ1n) is 17.7. The highest BCUT2D eigenvalue weighted by Gasteiger charge is 2.18. The van der Waals surface area contributed by atoms with Gasteiger partial charge in [-0.15, -0.1) is 0 Å². The van der Waals surface area contributed by atoms with E-state index in [1.807, 2.05) is 24.4 Å². The third kappa shape index (κ3) is 5.21. The van der Waals surface area contributed by atoms with E-state index < -0.39 is 0 Å². The summed E-state index contributed by atoms with van der Waals surface area (Å²) >= 11 is 0. The van der Waals surface area contributed by atoms with Crippen LogP contribution in [-0.4, -0.2) is 9.97 Å². The van der Waals surface area contributed by atoms with Gasteiger partial charge >= 0.3 is 0 Å². The molecule has 0 amide bonds. The van der Waals surface area contributed by atoms with Gasteiger partial charge < -0.3 is 0 Å². The monoisotopic (exact) mass is 660 g/mol. The normalized spacial score (nSPS) is 11.5. The van der Waals surface area contributed by atoms with E-state index in [0.717, 1.165) is 33.8 Å². The molecule has 0 spiro atoms. The predicted molar refractivity (Wildman–Crippen MR) is 219 cm³/mol. The summed E-state index contributed by atoms with van der Waals surface area (Å²) in [5.41, 5.74) is 11.0. The van der Waals surface area contributed by atoms with Gasteiger partial charge in [0.25, 0.3) is 0 Å². The summed E-state index contributed by atoms with van der Waals surface area (Å²) in [5, 5.41) is 9.87. The first-order valence-corrected chi connectivity index (χ1v) is 17.7. The molecule has 8 aromatic carbocycles. The molecule has 0 saturated carbocycles. The highest BCUT2D eigenvalue weighted by atomic mass is 14.7. The zero-order valence-electron chi connectivity index (χ0n) is 28.4. The molecule has 0 aliphatic carbocycles. The van der Waals surface area contributed by atoms with Crippen LogP contribution >= 0.6 is 0 Å². The Labute approximate surface area is 302 Å². The van der Waals surface area contributed by atoms with Crippen molar-refractivity contribution in [3.05, 3.63) is 194 Å². The molecule has 2 nitrogen and oxygen atoms in total. The van der Waals surface area contributed by atoms with Gasteiger partial charge in [0.15, 0.2) is 0 Å². The summed E-state index contributed by atoms with van der Waals surface area (Å²) in [7, 11) is 0. The summed E-state index contributed by atoms with van der Waals surface area (Å²) in [6.45, 7) is 0. The maximum absolute atomic E-state index is 5.23. The molecule has 0 radical (unpaired) electrons. The highest BCUT2D eigenvalue weighted by Crippen LogP contribution is 2.45. The first-order chi connectivity index (χ1) is 25.8. The second-order valence-corrected chi connectivity index (χ2v) is 13.4. The summed E-state index contributed by atoms with van der Waals surface area (Å²) < 4.78 is 0. The van der Waals surface area contributed by atoms with E-state index in [4.69, 9.17) is 4.98 Å². The fourth-order valence-electron chi connectivity index (χ4n) is 7.75. The van der Waals surface area contributed by atoms with Crippen molar-refractivity contribution in [3.63, 3.8) is 0 Å². The van der Waals surface area contributed by atoms with Crippen molar-refractivity contribution >= 4 is 43.1 Å². The minimum Gasteiger partial charge on any atom is -0.256 e. The van der Waals surface area contributed by atoms with Gasteiger partial charge in [0.2, 0.25) is 0 Å². The molecule has 0 N–H and O–H groups in total. The minimum atomic E-state index is 0.940. The summed E-state index contributed by atoms with van der Waals surface area (Å²) in [4.78, 5) is 9.74. The quantitative estimate of drug-likeness (QED) is 0.172. The van der Waals surface area contributed by atoms with Crippen LogP contribution in [0.25, 0.3) is 99.1 Å². The Morgan fingerprint density at radius 1 is 0.269 bits per heavy atom. The van der Waals surface area contributed by atoms with Crippen molar-refractivity contribution in [2.24, 2.45) is 0 Å². The lowest BCUT2D eigenvalue weighted by Crippen LogP contribution is -1.93. The Morgan fingerprint density at radius 2 is 0.731 bits per heavy atom. The van der Waals surface area contributed by atoms with Gasteiger partial charge in [0.05, 0.1) is 17.1 Å². The van der Waals surface area contributed by atoms with E-state index in [2.05, 4.69) is 175 Å². The largest absolute Gasteiger partial charge is 0.256 e. The van der Waals surface area contributed by atoms with Gasteiger partial charge in [-0.25, -0.2) is 4.98 Å². The van der Waals surface area contributed by atoms with E-state index in [-0.39, 0.29) is 0 Å². The second kappa shape index (κ2) is 12.5. The second-order valence-electron chi connectivity index (χ2n) is 13.4. The van der Waals surface area contributed by atoms with Gasteiger partial charge in [0.1, 0.15) is 0 Å². The summed E-state index contributed by atoms with van der Waals surface area (Å²) in [6.07, 6.45) is 1.83.